The highest BCUT2D eigenvalue weighted by Gasteiger charge is 2.18. The molecular formula is C21H25N3O3. The molecule has 0 spiro atoms. The Kier molecular flexibility index (Phi) is 6.41. The van der Waals surface area contributed by atoms with E-state index in [-0.39, 0.29) is 11.9 Å². The lowest BCUT2D eigenvalue weighted by Gasteiger charge is -2.19. The van der Waals surface area contributed by atoms with E-state index >= 15 is 0 Å². The van der Waals surface area contributed by atoms with Gasteiger partial charge in [-0.25, -0.2) is 9.78 Å². The molecule has 0 radical (unpaired) electrons. The number of nitrogens with one attached hydrogen (secondary N) is 1. The van der Waals surface area contributed by atoms with Crippen LogP contribution in [-0.2, 0) is 4.74 Å². The Morgan fingerprint density at radius 2 is 1.81 bits per heavy atom. The average Bonchev–Trinajstić information content (AvgIpc) is 2.98. The molecule has 2 heterocycles. The molecule has 1 aliphatic heterocycles. The number of aromatic nitrogens is 1. The molecular weight excluding hydrogens is 342 g/mol. The molecule has 1 aliphatic rings. The van der Waals surface area contributed by atoms with Gasteiger partial charge in [0.15, 0.2) is 0 Å². The summed E-state index contributed by atoms with van der Waals surface area (Å²) in [4.78, 5) is 30.9. The maximum Gasteiger partial charge on any atom is 0.340 e. The molecule has 0 atom stereocenters. The molecule has 1 N–H and O–H groups in total. The van der Waals surface area contributed by atoms with Crippen LogP contribution >= 0.6 is 0 Å². The molecule has 1 amide bonds. The van der Waals surface area contributed by atoms with Crippen molar-refractivity contribution < 1.29 is 14.3 Å². The average molecular weight is 367 g/mol. The lowest BCUT2D eigenvalue weighted by atomic mass is 10.1. The van der Waals surface area contributed by atoms with E-state index in [1.165, 1.54) is 12.8 Å². The molecule has 1 fully saturated rings. The number of ether oxygens (including phenoxy) is 1. The molecule has 6 nitrogen and oxygen atoms in total. The number of nitrogens with zero attached hydrogens (tertiary/aromatic N) is 2. The zero-order valence-electron chi connectivity index (χ0n) is 15.6. The predicted molar refractivity (Wildman–Crippen MR) is 104 cm³/mol. The summed E-state index contributed by atoms with van der Waals surface area (Å²) in [5.41, 5.74) is 2.26. The van der Waals surface area contributed by atoms with Gasteiger partial charge >= 0.3 is 5.97 Å². The van der Waals surface area contributed by atoms with E-state index in [1.807, 2.05) is 17.0 Å². The number of esters is 1. The number of anilines is 2. The first-order chi connectivity index (χ1) is 13.2. The van der Waals surface area contributed by atoms with Gasteiger partial charge in [-0.1, -0.05) is 25.0 Å². The van der Waals surface area contributed by atoms with Crippen LogP contribution in [0.5, 0.6) is 0 Å². The van der Waals surface area contributed by atoms with Gasteiger partial charge in [0, 0.05) is 13.1 Å². The number of hydrogen-bond donors (Lipinski definition) is 1. The quantitative estimate of drug-likeness (QED) is 0.808. The van der Waals surface area contributed by atoms with Crippen LogP contribution in [0.3, 0.4) is 0 Å². The van der Waals surface area contributed by atoms with Gasteiger partial charge in [-0.15, -0.1) is 0 Å². The van der Waals surface area contributed by atoms with Gasteiger partial charge < -0.3 is 15.0 Å². The minimum absolute atomic E-state index is 0.0182. The smallest absolute Gasteiger partial charge is 0.340 e. The van der Waals surface area contributed by atoms with Crippen LogP contribution in [0.15, 0.2) is 42.6 Å². The van der Waals surface area contributed by atoms with Crippen LogP contribution in [0, 0.1) is 0 Å². The lowest BCUT2D eigenvalue weighted by molar-refractivity contribution is 0.0527. The van der Waals surface area contributed by atoms with Crippen molar-refractivity contribution in [2.75, 3.05) is 25.0 Å². The molecule has 0 bridgehead atoms. The topological polar surface area (TPSA) is 71.5 Å². The van der Waals surface area contributed by atoms with Gasteiger partial charge in [0.2, 0.25) is 0 Å². The number of likely N-dealkylation sites (tertiary alicyclic amines) is 1. The highest BCUT2D eigenvalue weighted by molar-refractivity contribution is 5.96. The maximum absolute atomic E-state index is 12.6. The maximum atomic E-state index is 12.6. The summed E-state index contributed by atoms with van der Waals surface area (Å²) < 4.78 is 5.09. The van der Waals surface area contributed by atoms with E-state index in [4.69, 9.17) is 4.74 Å². The molecule has 3 rings (SSSR count). The Labute approximate surface area is 159 Å². The van der Waals surface area contributed by atoms with Crippen molar-refractivity contribution in [3.05, 3.63) is 53.9 Å². The minimum atomic E-state index is -0.374. The summed E-state index contributed by atoms with van der Waals surface area (Å²) in [7, 11) is 0. The van der Waals surface area contributed by atoms with E-state index < -0.39 is 0 Å². The third-order valence-corrected chi connectivity index (χ3v) is 4.58. The molecule has 27 heavy (non-hydrogen) atoms. The number of amides is 1. The Bertz CT molecular complexity index is 782. The summed E-state index contributed by atoms with van der Waals surface area (Å²) in [5.74, 6) is -0.392. The van der Waals surface area contributed by atoms with Gasteiger partial charge in [0.25, 0.3) is 5.91 Å². The van der Waals surface area contributed by atoms with Crippen molar-refractivity contribution in [1.29, 1.82) is 0 Å². The molecule has 0 saturated carbocycles. The number of carbonyl (C=O) groups excluding carboxylic acids is 2. The Balaban J connectivity index is 1.71. The van der Waals surface area contributed by atoms with Crippen LogP contribution in [0.2, 0.25) is 0 Å². The fraction of sp³-hybridized carbons (Fsp3) is 0.381. The van der Waals surface area contributed by atoms with Crippen LogP contribution < -0.4 is 5.32 Å². The monoisotopic (exact) mass is 367 g/mol. The highest BCUT2D eigenvalue weighted by Crippen LogP contribution is 2.22. The van der Waals surface area contributed by atoms with Gasteiger partial charge in [0.1, 0.15) is 5.69 Å². The molecule has 142 valence electrons. The second-order valence-corrected chi connectivity index (χ2v) is 6.53. The molecule has 1 aromatic heterocycles. The molecule has 2 aromatic rings. The molecule has 1 aromatic carbocycles. The summed E-state index contributed by atoms with van der Waals surface area (Å²) in [6.07, 6.45) is 6.08. The summed E-state index contributed by atoms with van der Waals surface area (Å²) >= 11 is 0. The molecule has 6 heteroatoms. The SMILES string of the molecule is CCOC(=O)c1ccccc1Nc1ccc(C(=O)N2CCCCCC2)nc1. The molecule has 0 aliphatic carbocycles. The van der Waals surface area contributed by atoms with Crippen LogP contribution in [0.25, 0.3) is 0 Å². The van der Waals surface area contributed by atoms with Crippen molar-refractivity contribution in [3.63, 3.8) is 0 Å². The largest absolute Gasteiger partial charge is 0.462 e. The van der Waals surface area contributed by atoms with E-state index in [1.54, 1.807) is 37.4 Å². The van der Waals surface area contributed by atoms with Gasteiger partial charge in [-0.2, -0.15) is 0 Å². The second-order valence-electron chi connectivity index (χ2n) is 6.53. The highest BCUT2D eigenvalue weighted by atomic mass is 16.5. The first kappa shape index (κ1) is 18.9. The normalized spacial score (nSPS) is 14.3. The third kappa shape index (κ3) is 4.84. The first-order valence-electron chi connectivity index (χ1n) is 9.47. The fourth-order valence-corrected chi connectivity index (χ4v) is 3.16. The first-order valence-corrected chi connectivity index (χ1v) is 9.47. The fourth-order valence-electron chi connectivity index (χ4n) is 3.16. The summed E-state index contributed by atoms with van der Waals surface area (Å²) in [6, 6.07) is 10.7. The van der Waals surface area contributed by atoms with Gasteiger partial charge in [-0.05, 0) is 44.0 Å². The molecule has 1 saturated heterocycles. The van der Waals surface area contributed by atoms with Crippen molar-refractivity contribution in [2.24, 2.45) is 0 Å². The van der Waals surface area contributed by atoms with Gasteiger partial charge in [-0.3, -0.25) is 4.79 Å². The standard InChI is InChI=1S/C21H25N3O3/c1-2-27-21(26)17-9-5-6-10-18(17)23-16-11-12-19(22-15-16)20(25)24-13-7-3-4-8-14-24/h5-6,9-12,15,23H,2-4,7-8,13-14H2,1H3. The van der Waals surface area contributed by atoms with Gasteiger partial charge in [0.05, 0.1) is 29.7 Å². The van der Waals surface area contributed by atoms with Crippen molar-refractivity contribution in [3.8, 4) is 0 Å². The number of carbonyl (C=O) groups is 2. The summed E-state index contributed by atoms with van der Waals surface area (Å²) in [6.45, 7) is 3.70. The van der Waals surface area contributed by atoms with E-state index in [9.17, 15) is 9.59 Å². The van der Waals surface area contributed by atoms with Crippen LogP contribution in [0.4, 0.5) is 11.4 Å². The minimum Gasteiger partial charge on any atom is -0.462 e. The Morgan fingerprint density at radius 3 is 2.48 bits per heavy atom. The Hall–Kier alpha value is -2.89. The van der Waals surface area contributed by atoms with Crippen molar-refractivity contribution in [2.45, 2.75) is 32.6 Å². The Morgan fingerprint density at radius 1 is 1.07 bits per heavy atom. The molecule has 0 unspecified atom stereocenters. The number of hydrogen-bond acceptors (Lipinski definition) is 5. The predicted octanol–water partition coefficient (Wildman–Crippen LogP) is 4.02. The van der Waals surface area contributed by atoms with Crippen LogP contribution in [-0.4, -0.2) is 41.5 Å². The second kappa shape index (κ2) is 9.16. The number of rotatable bonds is 5. The lowest BCUT2D eigenvalue weighted by Crippen LogP contribution is -2.32. The zero-order valence-corrected chi connectivity index (χ0v) is 15.6. The zero-order chi connectivity index (χ0) is 19.1. The number of para-hydroxylation sites is 1. The summed E-state index contributed by atoms with van der Waals surface area (Å²) in [5, 5.41) is 3.18. The van der Waals surface area contributed by atoms with E-state index in [0.717, 1.165) is 25.9 Å². The number of benzene rings is 1. The van der Waals surface area contributed by atoms with Crippen molar-refractivity contribution in [1.82, 2.24) is 9.88 Å². The van der Waals surface area contributed by atoms with E-state index in [0.29, 0.717) is 29.2 Å². The third-order valence-electron chi connectivity index (χ3n) is 4.58. The van der Waals surface area contributed by atoms with Crippen molar-refractivity contribution >= 4 is 23.3 Å². The van der Waals surface area contributed by atoms with Crippen LogP contribution in [0.1, 0.15) is 53.5 Å². The number of pyridine rings is 1. The van der Waals surface area contributed by atoms with E-state index in [2.05, 4.69) is 10.3 Å².